The molecule has 0 saturated heterocycles. The molecule has 0 atom stereocenters. The molecule has 0 aliphatic rings. The van der Waals surface area contributed by atoms with Crippen molar-refractivity contribution in [1.29, 1.82) is 0 Å². The summed E-state index contributed by atoms with van der Waals surface area (Å²) in [6.45, 7) is 6.61. The molecule has 2 heteroatoms. The van der Waals surface area contributed by atoms with Gasteiger partial charge in [-0.2, -0.15) is 0 Å². The van der Waals surface area contributed by atoms with Gasteiger partial charge in [-0.25, -0.2) is 4.98 Å². The van der Waals surface area contributed by atoms with E-state index in [0.717, 1.165) is 5.56 Å². The Bertz CT molecular complexity index is 531. The Morgan fingerprint density at radius 2 is 1.76 bits per heavy atom. The van der Waals surface area contributed by atoms with Gasteiger partial charge in [0.05, 0.1) is 0 Å². The molecule has 0 amide bonds. The van der Waals surface area contributed by atoms with E-state index < -0.39 is 0 Å². The number of aromatic nitrogens is 2. The van der Waals surface area contributed by atoms with Crippen molar-refractivity contribution in [1.82, 2.24) is 9.97 Å². The highest BCUT2D eigenvalue weighted by molar-refractivity contribution is 5.40. The number of hydrogen-bond acceptors (Lipinski definition) is 1. The summed E-state index contributed by atoms with van der Waals surface area (Å²) in [5.74, 6) is 6.76. The summed E-state index contributed by atoms with van der Waals surface area (Å²) in [7, 11) is 0. The fraction of sp³-hybridized carbons (Fsp3) is 0.267. The lowest BCUT2D eigenvalue weighted by Crippen LogP contribution is -2.10. The highest BCUT2D eigenvalue weighted by Crippen LogP contribution is 2.21. The van der Waals surface area contributed by atoms with Gasteiger partial charge in [0.15, 0.2) is 5.82 Å². The number of rotatable bonds is 0. The van der Waals surface area contributed by atoms with Crippen LogP contribution in [-0.2, 0) is 5.41 Å². The maximum atomic E-state index is 4.06. The maximum absolute atomic E-state index is 4.06. The zero-order valence-corrected chi connectivity index (χ0v) is 10.4. The van der Waals surface area contributed by atoms with E-state index in [-0.39, 0.29) is 5.41 Å². The van der Waals surface area contributed by atoms with Crippen LogP contribution in [0.1, 0.15) is 37.7 Å². The molecular weight excluding hydrogens is 208 g/mol. The third-order valence-electron chi connectivity index (χ3n) is 2.57. The smallest absolute Gasteiger partial charge is 0.182 e. The van der Waals surface area contributed by atoms with Crippen LogP contribution in [0.2, 0.25) is 0 Å². The van der Waals surface area contributed by atoms with Crippen molar-refractivity contribution in [3.63, 3.8) is 0 Å². The van der Waals surface area contributed by atoms with Crippen molar-refractivity contribution in [2.75, 3.05) is 0 Å². The van der Waals surface area contributed by atoms with E-state index >= 15 is 0 Å². The molecule has 0 aliphatic heterocycles. The fourth-order valence-corrected chi connectivity index (χ4v) is 1.52. The van der Waals surface area contributed by atoms with Crippen molar-refractivity contribution in [3.05, 3.63) is 53.6 Å². The average molecular weight is 224 g/mol. The van der Waals surface area contributed by atoms with Crippen LogP contribution >= 0.6 is 0 Å². The summed E-state index contributed by atoms with van der Waals surface area (Å²) in [6.07, 6.45) is 3.47. The Balaban J connectivity index is 2.19. The number of nitrogens with one attached hydrogen (secondary N) is 1. The van der Waals surface area contributed by atoms with Gasteiger partial charge in [-0.1, -0.05) is 38.8 Å². The normalized spacial score (nSPS) is 10.8. The molecule has 0 bridgehead atoms. The van der Waals surface area contributed by atoms with Crippen LogP contribution in [0.25, 0.3) is 0 Å². The van der Waals surface area contributed by atoms with Crippen LogP contribution in [0, 0.1) is 11.8 Å². The lowest BCUT2D eigenvalue weighted by atomic mass is 9.87. The molecule has 0 unspecified atom stereocenters. The molecule has 1 N–H and O–H groups in total. The van der Waals surface area contributed by atoms with E-state index in [9.17, 15) is 0 Å². The molecular formula is C15H16N2. The summed E-state index contributed by atoms with van der Waals surface area (Å²) < 4.78 is 0. The van der Waals surface area contributed by atoms with Crippen LogP contribution < -0.4 is 0 Å². The Kier molecular flexibility index (Phi) is 3.01. The Morgan fingerprint density at radius 1 is 1.06 bits per heavy atom. The number of H-pyrrole nitrogens is 1. The third kappa shape index (κ3) is 2.98. The monoisotopic (exact) mass is 224 g/mol. The summed E-state index contributed by atoms with van der Waals surface area (Å²) in [6, 6.07) is 8.37. The molecule has 1 aromatic heterocycles. The average Bonchev–Trinajstić information content (AvgIpc) is 2.78. The van der Waals surface area contributed by atoms with Crippen LogP contribution in [0.3, 0.4) is 0 Å². The Labute approximate surface area is 102 Å². The van der Waals surface area contributed by atoms with Crippen molar-refractivity contribution in [2.24, 2.45) is 0 Å². The first-order chi connectivity index (χ1) is 8.05. The predicted octanol–water partition coefficient (Wildman–Crippen LogP) is 3.11. The zero-order valence-electron chi connectivity index (χ0n) is 10.4. The van der Waals surface area contributed by atoms with Gasteiger partial charge in [-0.15, -0.1) is 0 Å². The highest BCUT2D eigenvalue weighted by atomic mass is 14.9. The van der Waals surface area contributed by atoms with Crippen LogP contribution in [-0.4, -0.2) is 9.97 Å². The fourth-order valence-electron chi connectivity index (χ4n) is 1.52. The largest absolute Gasteiger partial charge is 0.338 e. The molecule has 2 aromatic rings. The van der Waals surface area contributed by atoms with Gasteiger partial charge in [0.25, 0.3) is 0 Å². The number of benzene rings is 1. The van der Waals surface area contributed by atoms with E-state index in [1.54, 1.807) is 12.4 Å². The number of aromatic amines is 1. The summed E-state index contributed by atoms with van der Waals surface area (Å²) >= 11 is 0. The molecule has 0 aliphatic carbocycles. The maximum Gasteiger partial charge on any atom is 0.182 e. The van der Waals surface area contributed by atoms with Gasteiger partial charge in [-0.05, 0) is 29.0 Å². The van der Waals surface area contributed by atoms with Crippen molar-refractivity contribution in [3.8, 4) is 11.8 Å². The second-order valence-corrected chi connectivity index (χ2v) is 5.02. The molecule has 0 radical (unpaired) electrons. The number of nitrogens with zero attached hydrogens (tertiary/aromatic N) is 1. The molecule has 2 rings (SSSR count). The van der Waals surface area contributed by atoms with Crippen LogP contribution in [0.15, 0.2) is 36.7 Å². The lowest BCUT2D eigenvalue weighted by molar-refractivity contribution is 0.590. The Morgan fingerprint density at radius 3 is 2.29 bits per heavy atom. The minimum absolute atomic E-state index is 0.187. The van der Waals surface area contributed by atoms with Crippen LogP contribution in [0.4, 0.5) is 0 Å². The summed E-state index contributed by atoms with van der Waals surface area (Å²) in [5.41, 5.74) is 2.52. The van der Waals surface area contributed by atoms with Crippen molar-refractivity contribution in [2.45, 2.75) is 26.2 Å². The van der Waals surface area contributed by atoms with E-state index in [1.807, 2.05) is 0 Å². The highest BCUT2D eigenvalue weighted by Gasteiger charge is 2.12. The standard InChI is InChI=1S/C15H16N2/c1-15(2,3)13-7-4-12(5-8-13)6-9-14-16-10-11-17-14/h4-5,7-8,10-11H,1-3H3,(H,16,17). The minimum atomic E-state index is 0.187. The number of hydrogen-bond donors (Lipinski definition) is 1. The van der Waals surface area contributed by atoms with Gasteiger partial charge in [0, 0.05) is 18.0 Å². The van der Waals surface area contributed by atoms with Crippen molar-refractivity contribution >= 4 is 0 Å². The Hall–Kier alpha value is -2.01. The SMILES string of the molecule is CC(C)(C)c1ccc(C#Cc2ncc[nH]2)cc1. The third-order valence-corrected chi connectivity index (χ3v) is 2.57. The molecule has 2 nitrogen and oxygen atoms in total. The first-order valence-corrected chi connectivity index (χ1v) is 5.68. The molecule has 0 saturated carbocycles. The van der Waals surface area contributed by atoms with Gasteiger partial charge in [-0.3, -0.25) is 0 Å². The first-order valence-electron chi connectivity index (χ1n) is 5.68. The van der Waals surface area contributed by atoms with Crippen molar-refractivity contribution < 1.29 is 0 Å². The zero-order chi connectivity index (χ0) is 12.3. The van der Waals surface area contributed by atoms with E-state index in [0.29, 0.717) is 5.82 Å². The first kappa shape index (κ1) is 11.5. The minimum Gasteiger partial charge on any atom is -0.338 e. The van der Waals surface area contributed by atoms with E-state index in [4.69, 9.17) is 0 Å². The molecule has 86 valence electrons. The predicted molar refractivity (Wildman–Crippen MR) is 69.7 cm³/mol. The summed E-state index contributed by atoms with van der Waals surface area (Å²) in [4.78, 5) is 7.02. The van der Waals surface area contributed by atoms with E-state index in [1.165, 1.54) is 5.56 Å². The topological polar surface area (TPSA) is 28.7 Å². The molecule has 1 heterocycles. The second-order valence-electron chi connectivity index (χ2n) is 5.02. The summed E-state index contributed by atoms with van der Waals surface area (Å²) in [5, 5.41) is 0. The molecule has 17 heavy (non-hydrogen) atoms. The van der Waals surface area contributed by atoms with Gasteiger partial charge >= 0.3 is 0 Å². The molecule has 0 fully saturated rings. The van der Waals surface area contributed by atoms with Crippen LogP contribution in [0.5, 0.6) is 0 Å². The molecule has 0 spiro atoms. The van der Waals surface area contributed by atoms with Gasteiger partial charge in [0.2, 0.25) is 0 Å². The lowest BCUT2D eigenvalue weighted by Gasteiger charge is -2.18. The van der Waals surface area contributed by atoms with Gasteiger partial charge < -0.3 is 4.98 Å². The van der Waals surface area contributed by atoms with Gasteiger partial charge in [0.1, 0.15) is 0 Å². The second kappa shape index (κ2) is 4.47. The molecule has 1 aromatic carbocycles. The quantitative estimate of drug-likeness (QED) is 0.684. The van der Waals surface area contributed by atoms with E-state index in [2.05, 4.69) is 66.8 Å². The number of imidazole rings is 1.